The van der Waals surface area contributed by atoms with Gasteiger partial charge in [0.1, 0.15) is 19.1 Å². The number of benzene rings is 1. The van der Waals surface area contributed by atoms with E-state index in [9.17, 15) is 9.59 Å². The van der Waals surface area contributed by atoms with Crippen LogP contribution in [-0.4, -0.2) is 30.9 Å². The SMILES string of the molecule is C=CCOC(=O)C1=C(C)N=C(C)C(C(=O)OCC=C)C1c1ccccc1Cl. The summed E-state index contributed by atoms with van der Waals surface area (Å²) >= 11 is 6.40. The number of esters is 2. The summed E-state index contributed by atoms with van der Waals surface area (Å²) < 4.78 is 10.5. The van der Waals surface area contributed by atoms with E-state index in [-0.39, 0.29) is 18.8 Å². The quantitative estimate of drug-likeness (QED) is 0.518. The maximum Gasteiger partial charge on any atom is 0.336 e. The summed E-state index contributed by atoms with van der Waals surface area (Å²) in [6, 6.07) is 7.09. The van der Waals surface area contributed by atoms with Gasteiger partial charge in [0.25, 0.3) is 0 Å². The third kappa shape index (κ3) is 4.55. The van der Waals surface area contributed by atoms with Crippen molar-refractivity contribution in [3.05, 3.63) is 71.4 Å². The fraction of sp³-hybridized carbons (Fsp3) is 0.286. The summed E-state index contributed by atoms with van der Waals surface area (Å²) in [5, 5.41) is 0.445. The summed E-state index contributed by atoms with van der Waals surface area (Å²) in [7, 11) is 0. The number of ether oxygens (including phenoxy) is 2. The van der Waals surface area contributed by atoms with E-state index in [1.54, 1.807) is 38.1 Å². The fourth-order valence-corrected chi connectivity index (χ4v) is 3.37. The molecule has 0 radical (unpaired) electrons. The van der Waals surface area contributed by atoms with Crippen molar-refractivity contribution in [3.8, 4) is 0 Å². The normalized spacial score (nSPS) is 19.1. The molecule has 2 rings (SSSR count). The smallest absolute Gasteiger partial charge is 0.336 e. The summed E-state index contributed by atoms with van der Waals surface area (Å²) in [5.74, 6) is -2.51. The molecule has 0 saturated heterocycles. The van der Waals surface area contributed by atoms with Crippen molar-refractivity contribution in [1.29, 1.82) is 0 Å². The second kappa shape index (κ2) is 9.33. The Hall–Kier alpha value is -2.66. The number of aliphatic imine (C=N–C) groups is 1. The molecule has 0 saturated carbocycles. The molecule has 0 bridgehead atoms. The van der Waals surface area contributed by atoms with Crippen molar-refractivity contribution < 1.29 is 19.1 Å². The van der Waals surface area contributed by atoms with Crippen LogP contribution in [0.4, 0.5) is 0 Å². The van der Waals surface area contributed by atoms with Crippen LogP contribution in [0.15, 0.2) is 65.8 Å². The van der Waals surface area contributed by atoms with E-state index >= 15 is 0 Å². The Labute approximate surface area is 164 Å². The highest BCUT2D eigenvalue weighted by Gasteiger charge is 2.43. The lowest BCUT2D eigenvalue weighted by Gasteiger charge is -2.32. The second-order valence-electron chi connectivity index (χ2n) is 6.03. The molecule has 1 aliphatic heterocycles. The van der Waals surface area contributed by atoms with Gasteiger partial charge >= 0.3 is 11.9 Å². The molecule has 0 spiro atoms. The number of allylic oxidation sites excluding steroid dienone is 1. The van der Waals surface area contributed by atoms with E-state index < -0.39 is 23.8 Å². The van der Waals surface area contributed by atoms with Crippen molar-refractivity contribution in [2.45, 2.75) is 19.8 Å². The average molecular weight is 388 g/mol. The first-order chi connectivity index (χ1) is 12.9. The fourth-order valence-electron chi connectivity index (χ4n) is 3.11. The zero-order valence-electron chi connectivity index (χ0n) is 15.4. The van der Waals surface area contributed by atoms with Gasteiger partial charge in [-0.2, -0.15) is 0 Å². The van der Waals surface area contributed by atoms with Gasteiger partial charge in [0, 0.05) is 22.3 Å². The van der Waals surface area contributed by atoms with E-state index in [1.807, 2.05) is 0 Å². The molecule has 2 atom stereocenters. The molecule has 0 aliphatic carbocycles. The van der Waals surface area contributed by atoms with Gasteiger partial charge in [-0.3, -0.25) is 9.79 Å². The van der Waals surface area contributed by atoms with Gasteiger partial charge in [-0.15, -0.1) is 0 Å². The maximum absolute atomic E-state index is 12.8. The molecule has 0 fully saturated rings. The minimum Gasteiger partial charge on any atom is -0.461 e. The van der Waals surface area contributed by atoms with Gasteiger partial charge < -0.3 is 9.47 Å². The topological polar surface area (TPSA) is 65.0 Å². The summed E-state index contributed by atoms with van der Waals surface area (Å²) in [6.45, 7) is 10.7. The number of rotatable bonds is 7. The van der Waals surface area contributed by atoms with Crippen molar-refractivity contribution in [1.82, 2.24) is 0 Å². The lowest BCUT2D eigenvalue weighted by atomic mass is 9.75. The Morgan fingerprint density at radius 3 is 2.41 bits per heavy atom. The van der Waals surface area contributed by atoms with E-state index in [0.29, 0.717) is 22.0 Å². The molecule has 0 aromatic heterocycles. The van der Waals surface area contributed by atoms with Crippen LogP contribution in [-0.2, 0) is 19.1 Å². The summed E-state index contributed by atoms with van der Waals surface area (Å²) in [6.07, 6.45) is 2.96. The first kappa shape index (κ1) is 20.6. The first-order valence-electron chi connectivity index (χ1n) is 8.48. The Morgan fingerprint density at radius 1 is 1.15 bits per heavy atom. The minimum absolute atomic E-state index is 0.0547. The molecule has 1 heterocycles. The van der Waals surface area contributed by atoms with Crippen molar-refractivity contribution >= 4 is 29.3 Å². The molecule has 1 aromatic carbocycles. The number of hydrogen-bond donors (Lipinski definition) is 0. The Morgan fingerprint density at radius 2 is 1.78 bits per heavy atom. The third-order valence-electron chi connectivity index (χ3n) is 4.22. The van der Waals surface area contributed by atoms with Crippen molar-refractivity contribution in [3.63, 3.8) is 0 Å². The zero-order chi connectivity index (χ0) is 20.0. The predicted octanol–water partition coefficient (Wildman–Crippen LogP) is 4.25. The number of carbonyl (C=O) groups is 2. The van der Waals surface area contributed by atoms with Crippen LogP contribution in [0, 0.1) is 5.92 Å². The van der Waals surface area contributed by atoms with Crippen molar-refractivity contribution in [2.24, 2.45) is 10.9 Å². The van der Waals surface area contributed by atoms with Crippen LogP contribution in [0.3, 0.4) is 0 Å². The molecule has 1 aliphatic rings. The van der Waals surface area contributed by atoms with Gasteiger partial charge in [0.05, 0.1) is 5.57 Å². The maximum atomic E-state index is 12.8. The number of carbonyl (C=O) groups excluding carboxylic acids is 2. The molecule has 2 unspecified atom stereocenters. The van der Waals surface area contributed by atoms with Crippen LogP contribution in [0.1, 0.15) is 25.3 Å². The van der Waals surface area contributed by atoms with Crippen LogP contribution in [0.25, 0.3) is 0 Å². The van der Waals surface area contributed by atoms with Gasteiger partial charge in [0.15, 0.2) is 0 Å². The Kier molecular flexibility index (Phi) is 7.13. The number of halogens is 1. The first-order valence-corrected chi connectivity index (χ1v) is 8.86. The number of nitrogens with zero attached hydrogens (tertiary/aromatic N) is 1. The van der Waals surface area contributed by atoms with Gasteiger partial charge in [0.2, 0.25) is 0 Å². The third-order valence-corrected chi connectivity index (χ3v) is 4.56. The Balaban J connectivity index is 2.60. The molecule has 0 amide bonds. The molecule has 1 aromatic rings. The van der Waals surface area contributed by atoms with E-state index in [2.05, 4.69) is 18.2 Å². The van der Waals surface area contributed by atoms with E-state index in [1.165, 1.54) is 12.2 Å². The number of hydrogen-bond acceptors (Lipinski definition) is 5. The lowest BCUT2D eigenvalue weighted by molar-refractivity contribution is -0.145. The molecule has 5 nitrogen and oxygen atoms in total. The highest BCUT2D eigenvalue weighted by molar-refractivity contribution is 6.31. The van der Waals surface area contributed by atoms with Crippen molar-refractivity contribution in [2.75, 3.05) is 13.2 Å². The standard InChI is InChI=1S/C21H22ClNO4/c1-5-11-26-20(24)17-13(3)23-14(4)18(21(25)27-12-6-2)19(17)15-9-7-8-10-16(15)22/h5-10,17,19H,1-2,11-12H2,3-4H3. The van der Waals surface area contributed by atoms with Gasteiger partial charge in [-0.05, 0) is 25.5 Å². The molecular weight excluding hydrogens is 366 g/mol. The summed E-state index contributed by atoms with van der Waals surface area (Å²) in [5.41, 5.74) is 1.96. The highest BCUT2D eigenvalue weighted by atomic mass is 35.5. The Bertz CT molecular complexity index is 825. The van der Waals surface area contributed by atoms with Gasteiger partial charge in [-0.1, -0.05) is 55.1 Å². The molecule has 142 valence electrons. The minimum atomic E-state index is -0.792. The van der Waals surface area contributed by atoms with Crippen LogP contribution in [0.5, 0.6) is 0 Å². The zero-order valence-corrected chi connectivity index (χ0v) is 16.2. The average Bonchev–Trinajstić information content (AvgIpc) is 2.64. The largest absolute Gasteiger partial charge is 0.461 e. The summed E-state index contributed by atoms with van der Waals surface area (Å²) in [4.78, 5) is 29.9. The molecule has 27 heavy (non-hydrogen) atoms. The monoisotopic (exact) mass is 387 g/mol. The van der Waals surface area contributed by atoms with Crippen LogP contribution >= 0.6 is 11.6 Å². The molecule has 6 heteroatoms. The highest BCUT2D eigenvalue weighted by Crippen LogP contribution is 2.42. The van der Waals surface area contributed by atoms with Gasteiger partial charge in [-0.25, -0.2) is 4.79 Å². The molecule has 0 N–H and O–H groups in total. The van der Waals surface area contributed by atoms with Crippen LogP contribution in [0.2, 0.25) is 5.02 Å². The molecular formula is C21H22ClNO4. The predicted molar refractivity (Wildman–Crippen MR) is 106 cm³/mol. The second-order valence-corrected chi connectivity index (χ2v) is 6.44. The lowest BCUT2D eigenvalue weighted by Crippen LogP contribution is -2.36. The van der Waals surface area contributed by atoms with Crippen LogP contribution < -0.4 is 0 Å². The van der Waals surface area contributed by atoms with E-state index in [0.717, 1.165) is 0 Å². The van der Waals surface area contributed by atoms with E-state index in [4.69, 9.17) is 21.1 Å².